The van der Waals surface area contributed by atoms with Gasteiger partial charge in [-0.15, -0.1) is 0 Å². The van der Waals surface area contributed by atoms with Crippen LogP contribution in [0.3, 0.4) is 0 Å². The van der Waals surface area contributed by atoms with E-state index in [-0.39, 0.29) is 12.2 Å². The molecule has 0 saturated heterocycles. The van der Waals surface area contributed by atoms with E-state index in [9.17, 15) is 13.2 Å². The molecule has 0 spiro atoms. The van der Waals surface area contributed by atoms with Gasteiger partial charge in [0.1, 0.15) is 11.1 Å². The van der Waals surface area contributed by atoms with E-state index >= 15 is 0 Å². The molecule has 8 heteroatoms. The van der Waals surface area contributed by atoms with Crippen molar-refractivity contribution >= 4 is 34.5 Å². The van der Waals surface area contributed by atoms with Crippen molar-refractivity contribution < 1.29 is 17.9 Å². The third-order valence-electron chi connectivity index (χ3n) is 3.34. The highest BCUT2D eigenvalue weighted by Gasteiger charge is 2.38. The molecule has 1 aliphatic rings. The molecular formula is C15H10ClF3N2OS. The second kappa shape index (κ2) is 6.07. The van der Waals surface area contributed by atoms with Crippen LogP contribution in [0.5, 0.6) is 0 Å². The maximum absolute atomic E-state index is 13.3. The van der Waals surface area contributed by atoms with Crippen LogP contribution < -0.4 is 5.32 Å². The fourth-order valence-corrected chi connectivity index (χ4v) is 2.78. The zero-order chi connectivity index (χ0) is 16.6. The van der Waals surface area contributed by atoms with Gasteiger partial charge in [0.2, 0.25) is 0 Å². The Balaban J connectivity index is 2.18. The van der Waals surface area contributed by atoms with Gasteiger partial charge in [-0.2, -0.15) is 13.2 Å². The molecule has 1 aromatic carbocycles. The average molecular weight is 359 g/mol. The molecular weight excluding hydrogens is 349 g/mol. The van der Waals surface area contributed by atoms with Crippen LogP contribution in [0.15, 0.2) is 36.5 Å². The molecule has 0 saturated carbocycles. The van der Waals surface area contributed by atoms with Gasteiger partial charge in [0, 0.05) is 28.0 Å². The van der Waals surface area contributed by atoms with Gasteiger partial charge in [0.25, 0.3) is 0 Å². The summed E-state index contributed by atoms with van der Waals surface area (Å²) in [6.07, 6.45) is -4.45. The number of pyridine rings is 1. The van der Waals surface area contributed by atoms with Crippen molar-refractivity contribution in [2.45, 2.75) is 12.3 Å². The van der Waals surface area contributed by atoms with Crippen molar-refractivity contribution in [2.24, 2.45) is 0 Å². The first-order valence-corrected chi connectivity index (χ1v) is 7.38. The average Bonchev–Trinajstić information content (AvgIpc) is 2.65. The SMILES string of the molecule is FC(F)(F)c1ncccc1[C@H]1OCC(=S)Nc2ccc(Cl)cc21. The smallest absolute Gasteiger partial charge is 0.362 e. The van der Waals surface area contributed by atoms with Crippen molar-refractivity contribution in [3.8, 4) is 0 Å². The molecule has 1 atom stereocenters. The van der Waals surface area contributed by atoms with Gasteiger partial charge >= 0.3 is 6.18 Å². The minimum Gasteiger partial charge on any atom is -0.362 e. The highest BCUT2D eigenvalue weighted by atomic mass is 35.5. The van der Waals surface area contributed by atoms with Crippen LogP contribution in [0.25, 0.3) is 0 Å². The lowest BCUT2D eigenvalue weighted by Crippen LogP contribution is -2.17. The summed E-state index contributed by atoms with van der Waals surface area (Å²) in [5.74, 6) is 0. The molecule has 0 bridgehead atoms. The van der Waals surface area contributed by atoms with Gasteiger partial charge in [-0.3, -0.25) is 4.98 Å². The number of halogens is 4. The van der Waals surface area contributed by atoms with E-state index in [1.807, 2.05) is 0 Å². The summed E-state index contributed by atoms with van der Waals surface area (Å²) in [4.78, 5) is 3.86. The van der Waals surface area contributed by atoms with Crippen LogP contribution in [0.1, 0.15) is 22.9 Å². The lowest BCUT2D eigenvalue weighted by Gasteiger charge is -2.21. The van der Waals surface area contributed by atoms with E-state index in [1.165, 1.54) is 12.1 Å². The van der Waals surface area contributed by atoms with Gasteiger partial charge in [0.05, 0.1) is 6.61 Å². The number of nitrogens with one attached hydrogen (secondary N) is 1. The van der Waals surface area contributed by atoms with Crippen LogP contribution in [-0.2, 0) is 10.9 Å². The van der Waals surface area contributed by atoms with E-state index in [2.05, 4.69) is 10.3 Å². The highest BCUT2D eigenvalue weighted by molar-refractivity contribution is 7.80. The molecule has 2 heterocycles. The number of aromatic nitrogens is 1. The first-order valence-electron chi connectivity index (χ1n) is 6.59. The summed E-state index contributed by atoms with van der Waals surface area (Å²) < 4.78 is 45.4. The Morgan fingerprint density at radius 3 is 2.78 bits per heavy atom. The number of nitrogens with zero attached hydrogens (tertiary/aromatic N) is 1. The molecule has 3 nitrogen and oxygen atoms in total. The molecule has 0 radical (unpaired) electrons. The minimum absolute atomic E-state index is 0.00150. The normalized spacial score (nSPS) is 18.1. The Morgan fingerprint density at radius 2 is 2.04 bits per heavy atom. The third-order valence-corrected chi connectivity index (χ3v) is 3.80. The fourth-order valence-electron chi connectivity index (χ4n) is 2.42. The summed E-state index contributed by atoms with van der Waals surface area (Å²) >= 11 is 11.1. The maximum atomic E-state index is 13.3. The van der Waals surface area contributed by atoms with Crippen LogP contribution >= 0.6 is 23.8 Å². The van der Waals surface area contributed by atoms with Crippen LogP contribution in [0, 0.1) is 0 Å². The Morgan fingerprint density at radius 1 is 1.26 bits per heavy atom. The zero-order valence-electron chi connectivity index (χ0n) is 11.5. The van der Waals surface area contributed by atoms with E-state index in [1.54, 1.807) is 18.2 Å². The Bertz CT molecular complexity index is 767. The van der Waals surface area contributed by atoms with Crippen LogP contribution in [0.2, 0.25) is 5.02 Å². The van der Waals surface area contributed by atoms with Gasteiger partial charge < -0.3 is 10.1 Å². The fraction of sp³-hybridized carbons (Fsp3) is 0.200. The summed E-state index contributed by atoms with van der Waals surface area (Å²) in [6, 6.07) is 7.64. The summed E-state index contributed by atoms with van der Waals surface area (Å²) in [6.45, 7) is -0.00150. The summed E-state index contributed by atoms with van der Waals surface area (Å²) in [5.41, 5.74) is -0.00603. The Hall–Kier alpha value is -1.70. The van der Waals surface area contributed by atoms with Crippen molar-refractivity contribution in [1.29, 1.82) is 0 Å². The first kappa shape index (κ1) is 16.2. The molecule has 0 amide bonds. The van der Waals surface area contributed by atoms with E-state index in [4.69, 9.17) is 28.6 Å². The number of rotatable bonds is 1. The van der Waals surface area contributed by atoms with Gasteiger partial charge in [-0.25, -0.2) is 0 Å². The lowest BCUT2D eigenvalue weighted by molar-refractivity contribution is -0.142. The lowest BCUT2D eigenvalue weighted by atomic mass is 9.98. The molecule has 1 aliphatic heterocycles. The number of ether oxygens (including phenoxy) is 1. The second-order valence-electron chi connectivity index (χ2n) is 4.91. The van der Waals surface area contributed by atoms with Gasteiger partial charge in [-0.05, 0) is 24.3 Å². The summed E-state index contributed by atoms with van der Waals surface area (Å²) in [5, 5.41) is 3.35. The van der Waals surface area contributed by atoms with Crippen molar-refractivity contribution in [3.63, 3.8) is 0 Å². The number of hydrogen-bond acceptors (Lipinski definition) is 3. The van der Waals surface area contributed by atoms with Gasteiger partial charge in [-0.1, -0.05) is 29.9 Å². The van der Waals surface area contributed by atoms with E-state index < -0.39 is 18.0 Å². The molecule has 0 unspecified atom stereocenters. The van der Waals surface area contributed by atoms with Crippen LogP contribution in [0.4, 0.5) is 18.9 Å². The van der Waals surface area contributed by atoms with E-state index in [0.717, 1.165) is 6.20 Å². The second-order valence-corrected chi connectivity index (χ2v) is 5.84. The number of fused-ring (bicyclic) bond motifs is 1. The van der Waals surface area contributed by atoms with Crippen LogP contribution in [-0.4, -0.2) is 16.6 Å². The predicted molar refractivity (Wildman–Crippen MR) is 84.7 cm³/mol. The predicted octanol–water partition coefficient (Wildman–Crippen LogP) is 4.61. The third kappa shape index (κ3) is 3.31. The molecule has 1 N–H and O–H groups in total. The minimum atomic E-state index is -4.58. The molecule has 120 valence electrons. The van der Waals surface area contributed by atoms with Crippen molar-refractivity contribution in [1.82, 2.24) is 4.98 Å². The monoisotopic (exact) mass is 358 g/mol. The molecule has 23 heavy (non-hydrogen) atoms. The van der Waals surface area contributed by atoms with Crippen molar-refractivity contribution in [2.75, 3.05) is 11.9 Å². The Labute approximate surface area is 140 Å². The molecule has 3 rings (SSSR count). The quantitative estimate of drug-likeness (QED) is 0.755. The molecule has 0 aliphatic carbocycles. The first-order chi connectivity index (χ1) is 10.9. The standard InChI is InChI=1S/C15H10ClF3N2OS/c16-8-3-4-11-10(6-8)13(22-7-12(23)21-11)9-2-1-5-20-14(9)15(17,18)19/h1-6,13H,7H2,(H,21,23)/t13-/m1/s1. The van der Waals surface area contributed by atoms with Crippen molar-refractivity contribution in [3.05, 3.63) is 58.4 Å². The van der Waals surface area contributed by atoms with E-state index in [0.29, 0.717) is 21.3 Å². The number of thiocarbonyl (C=S) groups is 1. The summed E-state index contributed by atoms with van der Waals surface area (Å²) in [7, 11) is 0. The van der Waals surface area contributed by atoms with Gasteiger partial charge in [0.15, 0.2) is 5.69 Å². The zero-order valence-corrected chi connectivity index (χ0v) is 13.1. The number of hydrogen-bond donors (Lipinski definition) is 1. The topological polar surface area (TPSA) is 34.1 Å². The Kier molecular flexibility index (Phi) is 4.27. The molecule has 2 aromatic rings. The number of benzene rings is 1. The highest BCUT2D eigenvalue weighted by Crippen LogP contribution is 2.40. The number of anilines is 1. The molecule has 0 fully saturated rings. The maximum Gasteiger partial charge on any atom is 0.433 e. The molecule has 1 aromatic heterocycles. The largest absolute Gasteiger partial charge is 0.433 e. The number of alkyl halides is 3.